The van der Waals surface area contributed by atoms with E-state index in [2.05, 4.69) is 16.4 Å². The molecule has 0 spiro atoms. The molecule has 0 saturated heterocycles. The molecule has 0 unspecified atom stereocenters. The molecule has 1 amide bonds. The van der Waals surface area contributed by atoms with Gasteiger partial charge in [0.1, 0.15) is 0 Å². The normalized spacial score (nSPS) is 10.4. The second-order valence-electron chi connectivity index (χ2n) is 6.79. The lowest BCUT2D eigenvalue weighted by molar-refractivity contribution is 0.0690. The number of hydrogen-bond donors (Lipinski definition) is 1. The summed E-state index contributed by atoms with van der Waals surface area (Å²) < 4.78 is 0. The van der Waals surface area contributed by atoms with Gasteiger partial charge in [-0.3, -0.25) is 9.78 Å². The van der Waals surface area contributed by atoms with Crippen LogP contribution < -0.4 is 5.32 Å². The largest absolute Gasteiger partial charge is 0.354 e. The smallest absolute Gasteiger partial charge is 0.256 e. The summed E-state index contributed by atoms with van der Waals surface area (Å²) in [4.78, 5) is 19.2. The van der Waals surface area contributed by atoms with E-state index in [1.54, 1.807) is 30.6 Å². The maximum atomic E-state index is 13.1. The maximum absolute atomic E-state index is 13.1. The Labute approximate surface area is 165 Å². The van der Waals surface area contributed by atoms with E-state index in [0.29, 0.717) is 17.7 Å². The van der Waals surface area contributed by atoms with Crippen LogP contribution in [0.25, 0.3) is 0 Å². The van der Waals surface area contributed by atoms with Crippen LogP contribution in [-0.2, 0) is 6.54 Å². The lowest BCUT2D eigenvalue weighted by atomic mass is 10.1. The van der Waals surface area contributed by atoms with Crippen molar-refractivity contribution < 1.29 is 4.79 Å². The van der Waals surface area contributed by atoms with Gasteiger partial charge >= 0.3 is 0 Å². The van der Waals surface area contributed by atoms with E-state index in [1.165, 1.54) is 0 Å². The van der Waals surface area contributed by atoms with E-state index in [1.807, 2.05) is 61.2 Å². The SMILES string of the molecule is CC(C)N(Cc1ccccc1)C(=O)c1cncc(Nc2ccc(C#N)cc2)c1. The van der Waals surface area contributed by atoms with Crippen molar-refractivity contribution in [3.63, 3.8) is 0 Å². The highest BCUT2D eigenvalue weighted by molar-refractivity contribution is 5.95. The van der Waals surface area contributed by atoms with Crippen LogP contribution in [0, 0.1) is 11.3 Å². The maximum Gasteiger partial charge on any atom is 0.256 e. The first-order valence-electron chi connectivity index (χ1n) is 9.14. The number of benzene rings is 2. The molecular weight excluding hydrogens is 348 g/mol. The minimum atomic E-state index is -0.0603. The summed E-state index contributed by atoms with van der Waals surface area (Å²) in [5.74, 6) is -0.0603. The van der Waals surface area contributed by atoms with Gasteiger partial charge in [0.15, 0.2) is 0 Å². The summed E-state index contributed by atoms with van der Waals surface area (Å²) in [6, 6.07) is 21.0. The summed E-state index contributed by atoms with van der Waals surface area (Å²) in [6.45, 7) is 4.56. The molecule has 3 aromatic rings. The van der Waals surface area contributed by atoms with Crippen LogP contribution in [-0.4, -0.2) is 21.8 Å². The molecule has 0 bridgehead atoms. The monoisotopic (exact) mass is 370 g/mol. The first-order valence-corrected chi connectivity index (χ1v) is 9.14. The van der Waals surface area contributed by atoms with E-state index in [9.17, 15) is 4.79 Å². The number of nitrogens with one attached hydrogen (secondary N) is 1. The zero-order valence-electron chi connectivity index (χ0n) is 16.0. The fraction of sp³-hybridized carbons (Fsp3) is 0.174. The third-order valence-electron chi connectivity index (χ3n) is 4.37. The predicted octanol–water partition coefficient (Wildman–Crippen LogP) is 4.75. The quantitative estimate of drug-likeness (QED) is 0.680. The standard InChI is InChI=1S/C23H22N4O/c1-17(2)27(16-19-6-4-3-5-7-19)23(28)20-12-22(15-25-14-20)26-21-10-8-18(13-24)9-11-21/h3-12,14-15,17,26H,16H2,1-2H3. The summed E-state index contributed by atoms with van der Waals surface area (Å²) in [5, 5.41) is 12.1. The number of carbonyl (C=O) groups excluding carboxylic acids is 1. The number of rotatable bonds is 6. The average Bonchev–Trinajstić information content (AvgIpc) is 2.73. The van der Waals surface area contributed by atoms with Gasteiger partial charge < -0.3 is 10.2 Å². The molecule has 2 aromatic carbocycles. The van der Waals surface area contributed by atoms with Crippen LogP contribution in [0.1, 0.15) is 35.3 Å². The van der Waals surface area contributed by atoms with Crippen molar-refractivity contribution >= 4 is 17.3 Å². The number of hydrogen-bond acceptors (Lipinski definition) is 4. The van der Waals surface area contributed by atoms with Crippen LogP contribution in [0.2, 0.25) is 0 Å². The van der Waals surface area contributed by atoms with Gasteiger partial charge in [-0.2, -0.15) is 5.26 Å². The number of nitriles is 1. The zero-order valence-corrected chi connectivity index (χ0v) is 16.0. The second-order valence-corrected chi connectivity index (χ2v) is 6.79. The van der Waals surface area contributed by atoms with Gasteiger partial charge in [-0.1, -0.05) is 30.3 Å². The third-order valence-corrected chi connectivity index (χ3v) is 4.37. The number of carbonyl (C=O) groups is 1. The topological polar surface area (TPSA) is 69.0 Å². The molecule has 1 N–H and O–H groups in total. The molecular formula is C23H22N4O. The zero-order chi connectivity index (χ0) is 19.9. The lowest BCUT2D eigenvalue weighted by Gasteiger charge is -2.27. The number of pyridine rings is 1. The number of aromatic nitrogens is 1. The Kier molecular flexibility index (Phi) is 6.03. The van der Waals surface area contributed by atoms with E-state index in [0.717, 1.165) is 16.9 Å². The third kappa shape index (κ3) is 4.74. The molecule has 28 heavy (non-hydrogen) atoms. The Bertz CT molecular complexity index is 975. The number of nitrogens with zero attached hydrogens (tertiary/aromatic N) is 3. The molecule has 5 heteroatoms. The van der Waals surface area contributed by atoms with Crippen molar-refractivity contribution in [2.75, 3.05) is 5.32 Å². The summed E-state index contributed by atoms with van der Waals surface area (Å²) in [5.41, 5.74) is 3.77. The second kappa shape index (κ2) is 8.83. The van der Waals surface area contributed by atoms with Crippen LogP contribution in [0.5, 0.6) is 0 Å². The van der Waals surface area contributed by atoms with Crippen LogP contribution in [0.3, 0.4) is 0 Å². The fourth-order valence-corrected chi connectivity index (χ4v) is 2.85. The number of amides is 1. The van der Waals surface area contributed by atoms with E-state index < -0.39 is 0 Å². The first kappa shape index (κ1) is 19.1. The Hall–Kier alpha value is -3.65. The van der Waals surface area contributed by atoms with E-state index in [4.69, 9.17) is 5.26 Å². The van der Waals surface area contributed by atoms with Gasteiger partial charge in [0.05, 0.1) is 29.1 Å². The average molecular weight is 370 g/mol. The van der Waals surface area contributed by atoms with Crippen LogP contribution in [0.4, 0.5) is 11.4 Å². The van der Waals surface area contributed by atoms with Gasteiger partial charge in [-0.25, -0.2) is 0 Å². The van der Waals surface area contributed by atoms with Crippen molar-refractivity contribution in [3.05, 3.63) is 89.7 Å². The Morgan fingerprint density at radius 1 is 1.07 bits per heavy atom. The molecule has 0 radical (unpaired) electrons. The van der Waals surface area contributed by atoms with Crippen molar-refractivity contribution in [1.82, 2.24) is 9.88 Å². The molecule has 3 rings (SSSR count). The minimum absolute atomic E-state index is 0.0582. The Balaban J connectivity index is 1.78. The molecule has 5 nitrogen and oxygen atoms in total. The molecule has 1 heterocycles. The molecule has 0 aliphatic carbocycles. The highest BCUT2D eigenvalue weighted by Crippen LogP contribution is 2.19. The lowest BCUT2D eigenvalue weighted by Crippen LogP contribution is -2.36. The molecule has 0 fully saturated rings. The van der Waals surface area contributed by atoms with Crippen LogP contribution >= 0.6 is 0 Å². The van der Waals surface area contributed by atoms with Crippen LogP contribution in [0.15, 0.2) is 73.1 Å². The first-order chi connectivity index (χ1) is 13.6. The van der Waals surface area contributed by atoms with Gasteiger partial charge in [0, 0.05) is 24.5 Å². The summed E-state index contributed by atoms with van der Waals surface area (Å²) in [6.07, 6.45) is 3.26. The van der Waals surface area contributed by atoms with E-state index in [-0.39, 0.29) is 11.9 Å². The minimum Gasteiger partial charge on any atom is -0.354 e. The van der Waals surface area contributed by atoms with Gasteiger partial charge in [0.25, 0.3) is 5.91 Å². The van der Waals surface area contributed by atoms with Gasteiger partial charge in [0.2, 0.25) is 0 Å². The van der Waals surface area contributed by atoms with Crippen molar-refractivity contribution in [2.24, 2.45) is 0 Å². The molecule has 0 saturated carbocycles. The summed E-state index contributed by atoms with van der Waals surface area (Å²) in [7, 11) is 0. The predicted molar refractivity (Wildman–Crippen MR) is 110 cm³/mol. The summed E-state index contributed by atoms with van der Waals surface area (Å²) >= 11 is 0. The Morgan fingerprint density at radius 2 is 1.79 bits per heavy atom. The van der Waals surface area contributed by atoms with E-state index >= 15 is 0 Å². The fourth-order valence-electron chi connectivity index (χ4n) is 2.85. The molecule has 0 aliphatic rings. The molecule has 0 aliphatic heterocycles. The number of anilines is 2. The molecule has 140 valence electrons. The Morgan fingerprint density at radius 3 is 2.43 bits per heavy atom. The van der Waals surface area contributed by atoms with Crippen molar-refractivity contribution in [3.8, 4) is 6.07 Å². The highest BCUT2D eigenvalue weighted by Gasteiger charge is 2.19. The van der Waals surface area contributed by atoms with Gasteiger partial charge in [-0.05, 0) is 49.7 Å². The molecule has 0 atom stereocenters. The van der Waals surface area contributed by atoms with Gasteiger partial charge in [-0.15, -0.1) is 0 Å². The highest BCUT2D eigenvalue weighted by atomic mass is 16.2. The van der Waals surface area contributed by atoms with Crippen molar-refractivity contribution in [1.29, 1.82) is 5.26 Å². The molecule has 1 aromatic heterocycles. The van der Waals surface area contributed by atoms with Crippen molar-refractivity contribution in [2.45, 2.75) is 26.4 Å².